The molecule has 28 heavy (non-hydrogen) atoms. The predicted molar refractivity (Wildman–Crippen MR) is 109 cm³/mol. The van der Waals surface area contributed by atoms with Crippen LogP contribution >= 0.6 is 11.8 Å². The van der Waals surface area contributed by atoms with Crippen LogP contribution in [0.15, 0.2) is 45.4 Å². The molecule has 3 heterocycles. The summed E-state index contributed by atoms with van der Waals surface area (Å²) >= 11 is 1.77. The number of carbonyl (C=O) groups excluding carboxylic acids is 2. The van der Waals surface area contributed by atoms with Gasteiger partial charge in [0.15, 0.2) is 0 Å². The van der Waals surface area contributed by atoms with Crippen LogP contribution in [0.4, 0.5) is 5.69 Å². The number of hydrogen-bond acceptors (Lipinski definition) is 6. The second-order valence-corrected chi connectivity index (χ2v) is 9.64. The SMILES string of the molecule is COc1ccc2c(c1)C1=C3C(=O)OC(=O)C3=C3C(C)=C(C)SC3(C)C1(C)N2C. The smallest absolute Gasteiger partial charge is 0.347 e. The van der Waals surface area contributed by atoms with E-state index in [-0.39, 0.29) is 0 Å². The van der Waals surface area contributed by atoms with E-state index < -0.39 is 22.2 Å². The Bertz CT molecular complexity index is 1110. The third kappa shape index (κ3) is 1.67. The molecule has 0 bridgehead atoms. The summed E-state index contributed by atoms with van der Waals surface area (Å²) in [5.74, 6) is -0.375. The number of anilines is 1. The lowest BCUT2D eigenvalue weighted by Crippen LogP contribution is -2.58. The number of allylic oxidation sites excluding steroid dienone is 2. The van der Waals surface area contributed by atoms with Crippen LogP contribution in [0.3, 0.4) is 0 Å². The van der Waals surface area contributed by atoms with Crippen LogP contribution in [0, 0.1) is 0 Å². The normalized spacial score (nSPS) is 30.6. The molecule has 1 aromatic rings. The minimum absolute atomic E-state index is 0.411. The molecule has 2 unspecified atom stereocenters. The molecule has 2 atom stereocenters. The second kappa shape index (κ2) is 5.11. The molecular weight excluding hydrogens is 374 g/mol. The highest BCUT2D eigenvalue weighted by molar-refractivity contribution is 8.05. The van der Waals surface area contributed by atoms with E-state index in [0.29, 0.717) is 16.9 Å². The Kier molecular flexibility index (Phi) is 3.22. The molecule has 1 aromatic carbocycles. The molecule has 144 valence electrons. The van der Waals surface area contributed by atoms with Gasteiger partial charge < -0.3 is 14.4 Å². The van der Waals surface area contributed by atoms with E-state index in [4.69, 9.17) is 9.47 Å². The third-order valence-corrected chi connectivity index (χ3v) is 8.62. The number of methoxy groups -OCH3 is 1. The van der Waals surface area contributed by atoms with Gasteiger partial charge in [-0.2, -0.15) is 0 Å². The zero-order valence-corrected chi connectivity index (χ0v) is 17.5. The lowest BCUT2D eigenvalue weighted by atomic mass is 9.65. The third-order valence-electron chi connectivity index (χ3n) is 7.00. The van der Waals surface area contributed by atoms with Gasteiger partial charge in [0, 0.05) is 23.9 Å². The fourth-order valence-corrected chi connectivity index (χ4v) is 6.99. The predicted octanol–water partition coefficient (Wildman–Crippen LogP) is 3.85. The van der Waals surface area contributed by atoms with Crippen LogP contribution in [0.2, 0.25) is 0 Å². The number of carbonyl (C=O) groups is 2. The van der Waals surface area contributed by atoms with E-state index in [9.17, 15) is 9.59 Å². The minimum Gasteiger partial charge on any atom is -0.497 e. The number of esters is 2. The van der Waals surface area contributed by atoms with E-state index in [1.165, 1.54) is 4.91 Å². The number of nitrogens with zero attached hydrogens (tertiary/aromatic N) is 1. The fourth-order valence-electron chi connectivity index (χ4n) is 5.32. The number of benzene rings is 1. The largest absolute Gasteiger partial charge is 0.497 e. The van der Waals surface area contributed by atoms with Gasteiger partial charge in [-0.15, -0.1) is 11.8 Å². The second-order valence-electron chi connectivity index (χ2n) is 8.01. The summed E-state index contributed by atoms with van der Waals surface area (Å²) in [4.78, 5) is 29.0. The number of rotatable bonds is 1. The molecule has 1 fully saturated rings. The van der Waals surface area contributed by atoms with Crippen LogP contribution in [-0.2, 0) is 14.3 Å². The molecule has 1 aliphatic carbocycles. The Hall–Kier alpha value is -2.47. The standard InChI is InChI=1S/C22H21NO4S/c1-10-11(2)28-22(4)17(10)15-16(20(25)27-19(15)24)18-13-9-12(26-6)7-8-14(13)23(5)21(18,22)3/h7-9H,1-6H3. The number of cyclic esters (lactones) is 2. The van der Waals surface area contributed by atoms with Crippen molar-refractivity contribution in [2.45, 2.75) is 38.0 Å². The Labute approximate surface area is 168 Å². The number of fused-ring (bicyclic) bond motifs is 6. The van der Waals surface area contributed by atoms with Crippen molar-refractivity contribution < 1.29 is 19.1 Å². The molecule has 1 saturated heterocycles. The maximum Gasteiger partial charge on any atom is 0.347 e. The Balaban J connectivity index is 1.96. The molecule has 0 saturated carbocycles. The number of ether oxygens (including phenoxy) is 2. The summed E-state index contributed by atoms with van der Waals surface area (Å²) in [6, 6.07) is 5.89. The topological polar surface area (TPSA) is 55.8 Å². The first kappa shape index (κ1) is 17.6. The Morgan fingerprint density at radius 3 is 2.36 bits per heavy atom. The lowest BCUT2D eigenvalue weighted by Gasteiger charge is -2.51. The van der Waals surface area contributed by atoms with Crippen LogP contribution in [0.25, 0.3) is 5.57 Å². The summed E-state index contributed by atoms with van der Waals surface area (Å²) < 4.78 is 10.1. The summed E-state index contributed by atoms with van der Waals surface area (Å²) in [7, 11) is 3.68. The van der Waals surface area contributed by atoms with Crippen molar-refractivity contribution in [1.29, 1.82) is 0 Å². The van der Waals surface area contributed by atoms with Gasteiger partial charge in [0.1, 0.15) is 5.75 Å². The molecular formula is C22H21NO4S. The van der Waals surface area contributed by atoms with Gasteiger partial charge in [0.05, 0.1) is 28.5 Å². The molecule has 0 spiro atoms. The fraction of sp³-hybridized carbons (Fsp3) is 0.364. The molecule has 4 aliphatic rings. The van der Waals surface area contributed by atoms with Gasteiger partial charge in [-0.05, 0) is 61.9 Å². The number of hydrogen-bond donors (Lipinski definition) is 0. The Morgan fingerprint density at radius 2 is 1.71 bits per heavy atom. The van der Waals surface area contributed by atoms with E-state index in [1.54, 1.807) is 18.9 Å². The maximum absolute atomic E-state index is 12.8. The highest BCUT2D eigenvalue weighted by Gasteiger charge is 2.65. The molecule has 5 rings (SSSR count). The van der Waals surface area contributed by atoms with Crippen molar-refractivity contribution in [3.8, 4) is 5.75 Å². The number of thioether (sulfide) groups is 1. The summed E-state index contributed by atoms with van der Waals surface area (Å²) in [6.07, 6.45) is 0. The molecule has 5 nitrogen and oxygen atoms in total. The van der Waals surface area contributed by atoms with Crippen LogP contribution < -0.4 is 9.64 Å². The summed E-state index contributed by atoms with van der Waals surface area (Å²) in [5.41, 5.74) is 5.11. The average Bonchev–Trinajstić information content (AvgIpc) is 3.16. The zero-order valence-electron chi connectivity index (χ0n) is 16.7. The first-order chi connectivity index (χ1) is 13.2. The molecule has 0 radical (unpaired) electrons. The van der Waals surface area contributed by atoms with Gasteiger partial charge in [-0.25, -0.2) is 9.59 Å². The molecule has 0 amide bonds. The molecule has 0 N–H and O–H groups in total. The van der Waals surface area contributed by atoms with E-state index in [0.717, 1.165) is 28.0 Å². The van der Waals surface area contributed by atoms with E-state index in [2.05, 4.69) is 32.7 Å². The zero-order chi connectivity index (χ0) is 20.2. The van der Waals surface area contributed by atoms with Gasteiger partial charge in [0.2, 0.25) is 0 Å². The maximum atomic E-state index is 12.8. The van der Waals surface area contributed by atoms with Gasteiger partial charge in [-0.1, -0.05) is 0 Å². The number of likely N-dealkylation sites (N-methyl/N-ethyl adjacent to an activating group) is 1. The Morgan fingerprint density at radius 1 is 1.07 bits per heavy atom. The van der Waals surface area contributed by atoms with Crippen molar-refractivity contribution in [2.75, 3.05) is 19.1 Å². The van der Waals surface area contributed by atoms with Gasteiger partial charge in [0.25, 0.3) is 0 Å². The molecule has 6 heteroatoms. The van der Waals surface area contributed by atoms with Crippen molar-refractivity contribution in [3.05, 3.63) is 51.0 Å². The lowest BCUT2D eigenvalue weighted by molar-refractivity contribution is -0.149. The summed E-state index contributed by atoms with van der Waals surface area (Å²) in [5, 5.41) is 0. The molecule has 3 aliphatic heterocycles. The van der Waals surface area contributed by atoms with Crippen molar-refractivity contribution in [1.82, 2.24) is 0 Å². The average molecular weight is 395 g/mol. The highest BCUT2D eigenvalue weighted by atomic mass is 32.2. The van der Waals surface area contributed by atoms with Crippen molar-refractivity contribution >= 4 is 35.0 Å². The van der Waals surface area contributed by atoms with Gasteiger partial charge in [-0.3, -0.25) is 0 Å². The molecule has 0 aromatic heterocycles. The quantitative estimate of drug-likeness (QED) is 0.532. The van der Waals surface area contributed by atoms with Crippen LogP contribution in [0.1, 0.15) is 33.3 Å². The van der Waals surface area contributed by atoms with Crippen LogP contribution in [-0.4, -0.2) is 36.4 Å². The van der Waals surface area contributed by atoms with Gasteiger partial charge >= 0.3 is 11.9 Å². The first-order valence-corrected chi connectivity index (χ1v) is 10.0. The summed E-state index contributed by atoms with van der Waals surface area (Å²) in [6.45, 7) is 8.44. The minimum atomic E-state index is -0.554. The van der Waals surface area contributed by atoms with E-state index in [1.807, 2.05) is 25.1 Å². The van der Waals surface area contributed by atoms with E-state index >= 15 is 0 Å². The van der Waals surface area contributed by atoms with Crippen LogP contribution in [0.5, 0.6) is 5.75 Å². The van der Waals surface area contributed by atoms with Crippen molar-refractivity contribution in [2.24, 2.45) is 0 Å². The monoisotopic (exact) mass is 395 g/mol. The highest BCUT2D eigenvalue weighted by Crippen LogP contribution is 2.68. The van der Waals surface area contributed by atoms with Crippen molar-refractivity contribution in [3.63, 3.8) is 0 Å². The first-order valence-electron chi connectivity index (χ1n) is 9.22.